The highest BCUT2D eigenvalue weighted by Gasteiger charge is 2.45. The van der Waals surface area contributed by atoms with Crippen LogP contribution in [-0.2, 0) is 23.0 Å². The van der Waals surface area contributed by atoms with Gasteiger partial charge in [-0.15, -0.1) is 0 Å². The van der Waals surface area contributed by atoms with Gasteiger partial charge in [-0.25, -0.2) is 13.9 Å². The predicted molar refractivity (Wildman–Crippen MR) is 60.6 cm³/mol. The molecule has 0 fully saturated rings. The molecule has 0 saturated carbocycles. The summed E-state index contributed by atoms with van der Waals surface area (Å²) in [6, 6.07) is 0. The smallest absolute Gasteiger partial charge is 0.470 e. The van der Waals surface area contributed by atoms with Crippen molar-refractivity contribution in [3.05, 3.63) is 0 Å². The van der Waals surface area contributed by atoms with Crippen LogP contribution in [0, 0.1) is 0 Å². The number of carboxylic acids is 1. The summed E-state index contributed by atoms with van der Waals surface area (Å²) >= 11 is 0. The summed E-state index contributed by atoms with van der Waals surface area (Å²) < 4.78 is 29.0. The molecule has 0 amide bonds. The van der Waals surface area contributed by atoms with Crippen LogP contribution in [0.5, 0.6) is 0 Å². The highest BCUT2D eigenvalue weighted by Crippen LogP contribution is 2.44. The van der Waals surface area contributed by atoms with Gasteiger partial charge in [0.15, 0.2) is 6.10 Å². The molecule has 0 aromatic heterocycles. The second kappa shape index (κ2) is 7.72. The van der Waals surface area contributed by atoms with Crippen molar-refractivity contribution in [2.45, 2.75) is 24.4 Å². The van der Waals surface area contributed by atoms with Gasteiger partial charge in [-0.3, -0.25) is 9.05 Å². The third-order valence-corrected chi connectivity index (χ3v) is 2.99. The van der Waals surface area contributed by atoms with Crippen molar-refractivity contribution in [2.24, 2.45) is 0 Å². The standard InChI is InChI=1S/C6H14O13P2/c7-1-2(8)3(9)4(18-20(12,13)14)5(6(10)11)19-21(15,16)17/h2-5,7-9H,1H2,(H,10,11)(H2,12,13,14)(H2,15,16,17)/t2-,3-,4+,5-/m1/s1. The first-order valence-corrected chi connectivity index (χ1v) is 8.02. The average Bonchev–Trinajstić information content (AvgIpc) is 2.28. The summed E-state index contributed by atoms with van der Waals surface area (Å²) in [4.78, 5) is 45.2. The molecule has 8 N–H and O–H groups in total. The highest BCUT2D eigenvalue weighted by atomic mass is 31.2. The van der Waals surface area contributed by atoms with Crippen LogP contribution in [0.1, 0.15) is 0 Å². The summed E-state index contributed by atoms with van der Waals surface area (Å²) in [5, 5.41) is 36.0. The van der Waals surface area contributed by atoms with E-state index in [0.29, 0.717) is 0 Å². The van der Waals surface area contributed by atoms with E-state index < -0.39 is 52.6 Å². The Morgan fingerprint density at radius 1 is 1.00 bits per heavy atom. The van der Waals surface area contributed by atoms with E-state index in [-0.39, 0.29) is 0 Å². The summed E-state index contributed by atoms with van der Waals surface area (Å²) in [5.41, 5.74) is 0. The summed E-state index contributed by atoms with van der Waals surface area (Å²) in [6.45, 7) is -1.16. The van der Waals surface area contributed by atoms with E-state index in [4.69, 9.17) is 34.9 Å². The fourth-order valence-corrected chi connectivity index (χ4v) is 2.23. The van der Waals surface area contributed by atoms with E-state index in [1.807, 2.05) is 0 Å². The van der Waals surface area contributed by atoms with Crippen molar-refractivity contribution in [1.29, 1.82) is 0 Å². The van der Waals surface area contributed by atoms with Crippen LogP contribution in [-0.4, -0.2) is 77.0 Å². The maximum absolute atomic E-state index is 10.9. The molecule has 21 heavy (non-hydrogen) atoms. The summed E-state index contributed by atoms with van der Waals surface area (Å²) in [7, 11) is -10.9. The number of hydrogen-bond acceptors (Lipinski definition) is 8. The van der Waals surface area contributed by atoms with Gasteiger partial charge in [0.1, 0.15) is 18.3 Å². The second-order valence-corrected chi connectivity index (χ2v) is 6.04. The average molecular weight is 356 g/mol. The van der Waals surface area contributed by atoms with Gasteiger partial charge in [0, 0.05) is 0 Å². The minimum Gasteiger partial charge on any atom is -0.479 e. The van der Waals surface area contributed by atoms with E-state index in [9.17, 15) is 19.0 Å². The van der Waals surface area contributed by atoms with Crippen LogP contribution in [0.25, 0.3) is 0 Å². The molecule has 15 heteroatoms. The van der Waals surface area contributed by atoms with Crippen molar-refractivity contribution < 1.29 is 63.0 Å². The Kier molecular flexibility index (Phi) is 7.56. The molecule has 0 saturated heterocycles. The van der Waals surface area contributed by atoms with Crippen LogP contribution >= 0.6 is 15.6 Å². The predicted octanol–water partition coefficient (Wildman–Crippen LogP) is -3.26. The molecular weight excluding hydrogens is 342 g/mol. The van der Waals surface area contributed by atoms with Crippen LogP contribution < -0.4 is 0 Å². The third kappa shape index (κ3) is 7.95. The SMILES string of the molecule is O=C(O)[C@H](OP(=O)(O)O)[C@@H](OP(=O)(O)O)[C@H](O)[C@H](O)CO. The monoisotopic (exact) mass is 356 g/mol. The Hall–Kier alpha value is -0.430. The van der Waals surface area contributed by atoms with Crippen molar-refractivity contribution in [3.8, 4) is 0 Å². The van der Waals surface area contributed by atoms with Crippen LogP contribution in [0.15, 0.2) is 0 Å². The molecule has 0 aromatic rings. The number of rotatable bonds is 9. The van der Waals surface area contributed by atoms with E-state index in [0.717, 1.165) is 0 Å². The third-order valence-electron chi connectivity index (χ3n) is 1.97. The van der Waals surface area contributed by atoms with Crippen LogP contribution in [0.4, 0.5) is 0 Å². The number of phosphoric acid groups is 2. The molecule has 0 radical (unpaired) electrons. The molecule has 126 valence electrons. The zero-order valence-corrected chi connectivity index (χ0v) is 11.8. The first kappa shape index (κ1) is 20.6. The number of carbonyl (C=O) groups is 1. The summed E-state index contributed by atoms with van der Waals surface area (Å²) in [5.74, 6) is -2.15. The van der Waals surface area contributed by atoms with Crippen LogP contribution in [0.2, 0.25) is 0 Å². The fraction of sp³-hybridized carbons (Fsp3) is 0.833. The van der Waals surface area contributed by atoms with Gasteiger partial charge in [0.2, 0.25) is 0 Å². The van der Waals surface area contributed by atoms with Gasteiger partial charge in [-0.1, -0.05) is 0 Å². The largest absolute Gasteiger partial charge is 0.479 e. The Bertz CT molecular complexity index is 438. The van der Waals surface area contributed by atoms with Gasteiger partial charge in [0.25, 0.3) is 0 Å². The van der Waals surface area contributed by atoms with Gasteiger partial charge in [-0.2, -0.15) is 0 Å². The first-order valence-electron chi connectivity index (χ1n) is 4.96. The van der Waals surface area contributed by atoms with E-state index >= 15 is 0 Å². The molecule has 0 aromatic carbocycles. The molecule has 0 spiro atoms. The Labute approximate surface area is 116 Å². The first-order chi connectivity index (χ1) is 9.28. The van der Waals surface area contributed by atoms with Gasteiger partial charge < -0.3 is 40.0 Å². The van der Waals surface area contributed by atoms with Gasteiger partial charge in [-0.05, 0) is 0 Å². The Morgan fingerprint density at radius 2 is 1.43 bits per heavy atom. The molecule has 0 aliphatic rings. The topological polar surface area (TPSA) is 232 Å². The lowest BCUT2D eigenvalue weighted by Crippen LogP contribution is -2.50. The fourth-order valence-electron chi connectivity index (χ4n) is 1.18. The lowest BCUT2D eigenvalue weighted by molar-refractivity contribution is -0.161. The molecule has 0 unspecified atom stereocenters. The van der Waals surface area contributed by atoms with Crippen molar-refractivity contribution in [2.75, 3.05) is 6.61 Å². The molecule has 0 heterocycles. The normalized spacial score (nSPS) is 18.8. The lowest BCUT2D eigenvalue weighted by atomic mass is 10.0. The molecule has 0 aliphatic carbocycles. The second-order valence-electron chi connectivity index (χ2n) is 3.66. The number of aliphatic carboxylic acids is 1. The van der Waals surface area contributed by atoms with E-state index in [2.05, 4.69) is 9.05 Å². The minimum atomic E-state index is -5.44. The number of phosphoric ester groups is 2. The molecule has 4 atom stereocenters. The number of aliphatic hydroxyl groups is 3. The number of aliphatic hydroxyl groups excluding tert-OH is 3. The van der Waals surface area contributed by atoms with E-state index in [1.165, 1.54) is 0 Å². The molecular formula is C6H14O13P2. The Morgan fingerprint density at radius 3 is 1.71 bits per heavy atom. The van der Waals surface area contributed by atoms with Crippen molar-refractivity contribution >= 4 is 21.6 Å². The van der Waals surface area contributed by atoms with Gasteiger partial charge >= 0.3 is 21.6 Å². The molecule has 13 nitrogen and oxygen atoms in total. The molecule has 0 bridgehead atoms. The maximum Gasteiger partial charge on any atom is 0.470 e. The van der Waals surface area contributed by atoms with Crippen molar-refractivity contribution in [1.82, 2.24) is 0 Å². The number of carboxylic acid groups (broad SMARTS) is 1. The van der Waals surface area contributed by atoms with Crippen molar-refractivity contribution in [3.63, 3.8) is 0 Å². The Balaban J connectivity index is 5.54. The van der Waals surface area contributed by atoms with Crippen LogP contribution in [0.3, 0.4) is 0 Å². The van der Waals surface area contributed by atoms with E-state index in [1.54, 1.807) is 0 Å². The zero-order valence-electron chi connectivity index (χ0n) is 10.0. The lowest BCUT2D eigenvalue weighted by Gasteiger charge is -2.30. The molecule has 0 aliphatic heterocycles. The van der Waals surface area contributed by atoms with Gasteiger partial charge in [0.05, 0.1) is 6.61 Å². The highest BCUT2D eigenvalue weighted by molar-refractivity contribution is 7.46. The number of hydrogen-bond donors (Lipinski definition) is 8. The maximum atomic E-state index is 10.9. The minimum absolute atomic E-state index is 1.16. The molecule has 0 rings (SSSR count). The summed E-state index contributed by atoms with van der Waals surface area (Å²) in [6.07, 6.45) is -9.88. The zero-order chi connectivity index (χ0) is 17.0. The quantitative estimate of drug-likeness (QED) is 0.190.